The molecule has 1 aromatic carbocycles. The maximum atomic E-state index is 7.98. The van der Waals surface area contributed by atoms with Crippen LogP contribution in [0.1, 0.15) is 31.4 Å². The highest BCUT2D eigenvalue weighted by molar-refractivity contribution is 6.00. The minimum absolute atomic E-state index is 0.362. The molecule has 0 aliphatic rings. The van der Waals surface area contributed by atoms with Crippen molar-refractivity contribution in [1.29, 1.82) is 5.41 Å². The number of benzene rings is 1. The first kappa shape index (κ1) is 9.97. The molecule has 13 heavy (non-hydrogen) atoms. The third-order valence-corrected chi connectivity index (χ3v) is 2.54. The Hall–Kier alpha value is -1.11. The van der Waals surface area contributed by atoms with Crippen LogP contribution in [0.2, 0.25) is 0 Å². The Bertz CT molecular complexity index is 302. The predicted octanol–water partition coefficient (Wildman–Crippen LogP) is 3.41. The molecule has 1 nitrogen and oxygen atoms in total. The molecule has 1 rings (SSSR count). The third kappa shape index (κ3) is 2.18. The van der Waals surface area contributed by atoms with E-state index in [0.717, 1.165) is 17.7 Å². The Morgan fingerprint density at radius 1 is 1.38 bits per heavy atom. The minimum Gasteiger partial charge on any atom is -0.304 e. The number of hydrogen-bond donors (Lipinski definition) is 1. The predicted molar refractivity (Wildman–Crippen MR) is 57.5 cm³/mol. The van der Waals surface area contributed by atoms with Crippen LogP contribution >= 0.6 is 0 Å². The van der Waals surface area contributed by atoms with E-state index in [1.807, 2.05) is 18.2 Å². The lowest BCUT2D eigenvalue weighted by Gasteiger charge is -2.12. The lowest BCUT2D eigenvalue weighted by atomic mass is 9.93. The monoisotopic (exact) mass is 175 g/mol. The molecule has 0 radical (unpaired) electrons. The summed E-state index contributed by atoms with van der Waals surface area (Å²) in [5.41, 5.74) is 3.06. The third-order valence-electron chi connectivity index (χ3n) is 2.54. The van der Waals surface area contributed by atoms with E-state index in [2.05, 4.69) is 26.8 Å². The zero-order chi connectivity index (χ0) is 9.84. The van der Waals surface area contributed by atoms with Crippen LogP contribution in [-0.2, 0) is 0 Å². The average molecular weight is 175 g/mol. The van der Waals surface area contributed by atoms with Gasteiger partial charge in [0.05, 0.1) is 0 Å². The molecule has 0 aliphatic heterocycles. The summed E-state index contributed by atoms with van der Waals surface area (Å²) in [4.78, 5) is 0. The fourth-order valence-electron chi connectivity index (χ4n) is 1.34. The van der Waals surface area contributed by atoms with E-state index in [4.69, 9.17) is 5.41 Å². The number of nitrogens with one attached hydrogen (secondary N) is 1. The molecule has 1 unspecified atom stereocenters. The summed E-state index contributed by atoms with van der Waals surface area (Å²) in [6, 6.07) is 8.11. The molecule has 0 bridgehead atoms. The van der Waals surface area contributed by atoms with Gasteiger partial charge in [0.25, 0.3) is 0 Å². The van der Waals surface area contributed by atoms with Gasteiger partial charge in [-0.05, 0) is 30.4 Å². The second-order valence-corrected chi connectivity index (χ2v) is 3.54. The Labute approximate surface area is 80.3 Å². The summed E-state index contributed by atoms with van der Waals surface area (Å²) in [7, 11) is 0. The van der Waals surface area contributed by atoms with Crippen molar-refractivity contribution in [2.45, 2.75) is 27.2 Å². The second kappa shape index (κ2) is 4.22. The fourth-order valence-corrected chi connectivity index (χ4v) is 1.34. The van der Waals surface area contributed by atoms with Crippen LogP contribution in [0.15, 0.2) is 24.3 Å². The molecule has 0 aliphatic carbocycles. The number of rotatable bonds is 3. The smallest absolute Gasteiger partial charge is 0.0416 e. The molecule has 0 aromatic heterocycles. The molecule has 1 N–H and O–H groups in total. The number of aryl methyl sites for hydroxylation is 1. The molecule has 1 atom stereocenters. The lowest BCUT2D eigenvalue weighted by molar-refractivity contribution is 0.735. The first-order chi connectivity index (χ1) is 6.16. The van der Waals surface area contributed by atoms with Gasteiger partial charge in [-0.25, -0.2) is 0 Å². The van der Waals surface area contributed by atoms with Crippen molar-refractivity contribution in [2.75, 3.05) is 0 Å². The molecule has 0 heterocycles. The van der Waals surface area contributed by atoms with Crippen molar-refractivity contribution in [3.8, 4) is 0 Å². The van der Waals surface area contributed by atoms with Crippen LogP contribution in [-0.4, -0.2) is 5.71 Å². The lowest BCUT2D eigenvalue weighted by Crippen LogP contribution is -2.11. The summed E-state index contributed by atoms with van der Waals surface area (Å²) in [6.45, 7) is 6.29. The molecule has 1 aromatic rings. The SMILES string of the molecule is CCC(C)C(=N)c1ccccc1C. The van der Waals surface area contributed by atoms with E-state index in [1.165, 1.54) is 5.56 Å². The molecular formula is C12H17N. The fraction of sp³-hybridized carbons (Fsp3) is 0.417. The Morgan fingerprint density at radius 3 is 2.54 bits per heavy atom. The van der Waals surface area contributed by atoms with Crippen LogP contribution in [0.3, 0.4) is 0 Å². The Balaban J connectivity index is 2.95. The van der Waals surface area contributed by atoms with E-state index in [9.17, 15) is 0 Å². The van der Waals surface area contributed by atoms with Gasteiger partial charge in [0.15, 0.2) is 0 Å². The van der Waals surface area contributed by atoms with E-state index < -0.39 is 0 Å². The second-order valence-electron chi connectivity index (χ2n) is 3.54. The quantitative estimate of drug-likeness (QED) is 0.681. The molecule has 0 saturated heterocycles. The highest BCUT2D eigenvalue weighted by Gasteiger charge is 2.10. The van der Waals surface area contributed by atoms with E-state index in [0.29, 0.717) is 5.92 Å². The number of hydrogen-bond acceptors (Lipinski definition) is 1. The minimum atomic E-state index is 0.362. The first-order valence-electron chi connectivity index (χ1n) is 4.81. The maximum absolute atomic E-state index is 7.98. The summed E-state index contributed by atoms with van der Waals surface area (Å²) in [6.07, 6.45) is 1.03. The molecule has 0 fully saturated rings. The highest BCUT2D eigenvalue weighted by Crippen LogP contribution is 2.14. The average Bonchev–Trinajstić information content (AvgIpc) is 2.16. The van der Waals surface area contributed by atoms with Crippen molar-refractivity contribution in [2.24, 2.45) is 5.92 Å². The van der Waals surface area contributed by atoms with Crippen LogP contribution < -0.4 is 0 Å². The van der Waals surface area contributed by atoms with Gasteiger partial charge in [-0.15, -0.1) is 0 Å². The summed E-state index contributed by atoms with van der Waals surface area (Å²) < 4.78 is 0. The normalized spacial score (nSPS) is 12.5. The summed E-state index contributed by atoms with van der Waals surface area (Å²) in [5.74, 6) is 0.362. The molecular weight excluding hydrogens is 158 g/mol. The van der Waals surface area contributed by atoms with Gasteiger partial charge in [0.1, 0.15) is 0 Å². The van der Waals surface area contributed by atoms with E-state index in [1.54, 1.807) is 0 Å². The van der Waals surface area contributed by atoms with Crippen LogP contribution in [0.4, 0.5) is 0 Å². The van der Waals surface area contributed by atoms with Crippen molar-refractivity contribution in [3.05, 3.63) is 35.4 Å². The summed E-state index contributed by atoms with van der Waals surface area (Å²) >= 11 is 0. The van der Waals surface area contributed by atoms with E-state index in [-0.39, 0.29) is 0 Å². The van der Waals surface area contributed by atoms with Crippen LogP contribution in [0.5, 0.6) is 0 Å². The molecule has 70 valence electrons. The zero-order valence-electron chi connectivity index (χ0n) is 8.59. The first-order valence-corrected chi connectivity index (χ1v) is 4.81. The van der Waals surface area contributed by atoms with Gasteiger partial charge in [-0.1, -0.05) is 38.1 Å². The van der Waals surface area contributed by atoms with Crippen molar-refractivity contribution >= 4 is 5.71 Å². The Kier molecular flexibility index (Phi) is 3.24. The Morgan fingerprint density at radius 2 is 2.00 bits per heavy atom. The van der Waals surface area contributed by atoms with Gasteiger partial charge < -0.3 is 5.41 Å². The van der Waals surface area contributed by atoms with Crippen LogP contribution in [0, 0.1) is 18.3 Å². The van der Waals surface area contributed by atoms with Gasteiger partial charge in [0.2, 0.25) is 0 Å². The summed E-state index contributed by atoms with van der Waals surface area (Å²) in [5, 5.41) is 7.98. The standard InChI is InChI=1S/C12H17N/c1-4-9(2)12(13)11-8-6-5-7-10(11)3/h5-9,13H,4H2,1-3H3. The maximum Gasteiger partial charge on any atom is 0.0416 e. The van der Waals surface area contributed by atoms with Gasteiger partial charge in [-0.2, -0.15) is 0 Å². The largest absolute Gasteiger partial charge is 0.304 e. The molecule has 0 spiro atoms. The zero-order valence-corrected chi connectivity index (χ0v) is 8.59. The van der Waals surface area contributed by atoms with E-state index >= 15 is 0 Å². The van der Waals surface area contributed by atoms with Gasteiger partial charge in [-0.3, -0.25) is 0 Å². The molecule has 0 saturated carbocycles. The molecule has 1 heteroatoms. The highest BCUT2D eigenvalue weighted by atomic mass is 14.4. The van der Waals surface area contributed by atoms with Gasteiger partial charge in [0, 0.05) is 5.71 Å². The van der Waals surface area contributed by atoms with Crippen molar-refractivity contribution in [3.63, 3.8) is 0 Å². The van der Waals surface area contributed by atoms with Crippen LogP contribution in [0.25, 0.3) is 0 Å². The van der Waals surface area contributed by atoms with Gasteiger partial charge >= 0.3 is 0 Å². The van der Waals surface area contributed by atoms with Crippen molar-refractivity contribution < 1.29 is 0 Å². The molecule has 0 amide bonds. The topological polar surface area (TPSA) is 23.9 Å². The van der Waals surface area contributed by atoms with Crippen molar-refractivity contribution in [1.82, 2.24) is 0 Å².